The van der Waals surface area contributed by atoms with Gasteiger partial charge in [0.05, 0.1) is 0 Å². The van der Waals surface area contributed by atoms with Crippen molar-refractivity contribution in [3.63, 3.8) is 0 Å². The van der Waals surface area contributed by atoms with E-state index in [9.17, 15) is 4.79 Å². The van der Waals surface area contributed by atoms with Gasteiger partial charge in [-0.3, -0.25) is 4.79 Å². The van der Waals surface area contributed by atoms with Crippen molar-refractivity contribution in [3.8, 4) is 0 Å². The molecule has 0 radical (unpaired) electrons. The quantitative estimate of drug-likeness (QED) is 0.318. The van der Waals surface area contributed by atoms with Gasteiger partial charge in [0, 0.05) is 12.3 Å². The number of Topliss-reactive ketones (excluding diaryl/α,β-unsaturated/α-hetero) is 1. The third-order valence-corrected chi connectivity index (χ3v) is 4.54. The van der Waals surface area contributed by atoms with E-state index in [-0.39, 0.29) is 5.92 Å². The van der Waals surface area contributed by atoms with Crippen LogP contribution in [0.3, 0.4) is 0 Å². The summed E-state index contributed by atoms with van der Waals surface area (Å²) in [4.78, 5) is 11.9. The van der Waals surface area contributed by atoms with E-state index < -0.39 is 0 Å². The molecule has 1 nitrogen and oxygen atoms in total. The van der Waals surface area contributed by atoms with E-state index in [2.05, 4.69) is 59.8 Å². The van der Waals surface area contributed by atoms with E-state index >= 15 is 0 Å². The Bertz CT molecular complexity index is 433. The molecule has 0 rings (SSSR count). The standard InChI is InChI=1S/C23H40O/c1-7-8-18-23(24)22(6)17-11-16-21(5)15-10-14-20(4)13-9-12-19(2)3/h12,14,16,22H,7-11,13,15,17-18H2,1-6H3. The second-order valence-corrected chi connectivity index (χ2v) is 7.51. The van der Waals surface area contributed by atoms with Crippen LogP contribution >= 0.6 is 0 Å². The number of allylic oxidation sites excluding steroid dienone is 6. The van der Waals surface area contributed by atoms with Crippen LogP contribution in [0.4, 0.5) is 0 Å². The van der Waals surface area contributed by atoms with Crippen LogP contribution in [0.15, 0.2) is 34.9 Å². The Morgan fingerprint density at radius 3 is 1.92 bits per heavy atom. The van der Waals surface area contributed by atoms with Crippen LogP contribution < -0.4 is 0 Å². The molecule has 0 aromatic rings. The minimum Gasteiger partial charge on any atom is -0.299 e. The number of carbonyl (C=O) groups excluding carboxylic acids is 1. The topological polar surface area (TPSA) is 17.1 Å². The van der Waals surface area contributed by atoms with Gasteiger partial charge in [0.15, 0.2) is 0 Å². The van der Waals surface area contributed by atoms with Gasteiger partial charge in [0.25, 0.3) is 0 Å². The molecule has 24 heavy (non-hydrogen) atoms. The summed E-state index contributed by atoms with van der Waals surface area (Å²) >= 11 is 0. The molecule has 0 heterocycles. The summed E-state index contributed by atoms with van der Waals surface area (Å²) < 4.78 is 0. The SMILES string of the molecule is CCCCC(=O)C(C)CCC=C(C)CCC=C(C)CCC=C(C)C. The molecule has 0 saturated heterocycles. The number of ketones is 1. The summed E-state index contributed by atoms with van der Waals surface area (Å²) in [6.45, 7) is 13.0. The molecule has 0 fully saturated rings. The fourth-order valence-electron chi connectivity index (χ4n) is 2.68. The second kappa shape index (κ2) is 14.3. The Kier molecular flexibility index (Phi) is 13.6. The molecule has 138 valence electrons. The molecule has 0 aromatic heterocycles. The lowest BCUT2D eigenvalue weighted by Gasteiger charge is -2.08. The fourth-order valence-corrected chi connectivity index (χ4v) is 2.68. The number of hydrogen-bond acceptors (Lipinski definition) is 1. The highest BCUT2D eigenvalue weighted by atomic mass is 16.1. The van der Waals surface area contributed by atoms with Gasteiger partial charge in [-0.25, -0.2) is 0 Å². The van der Waals surface area contributed by atoms with Crippen LogP contribution in [0.5, 0.6) is 0 Å². The van der Waals surface area contributed by atoms with Gasteiger partial charge >= 0.3 is 0 Å². The van der Waals surface area contributed by atoms with Crippen LogP contribution in [-0.2, 0) is 4.79 Å². The van der Waals surface area contributed by atoms with Gasteiger partial charge in [-0.15, -0.1) is 0 Å². The molecule has 0 aliphatic rings. The van der Waals surface area contributed by atoms with Crippen LogP contribution in [-0.4, -0.2) is 5.78 Å². The highest BCUT2D eigenvalue weighted by Crippen LogP contribution is 2.15. The van der Waals surface area contributed by atoms with Crippen LogP contribution in [0.2, 0.25) is 0 Å². The lowest BCUT2D eigenvalue weighted by Crippen LogP contribution is -2.10. The van der Waals surface area contributed by atoms with E-state index in [0.717, 1.165) is 51.4 Å². The lowest BCUT2D eigenvalue weighted by molar-refractivity contribution is -0.122. The van der Waals surface area contributed by atoms with E-state index in [1.807, 2.05) is 0 Å². The number of unbranched alkanes of at least 4 members (excludes halogenated alkanes) is 1. The maximum absolute atomic E-state index is 11.9. The smallest absolute Gasteiger partial charge is 0.135 e. The molecule has 0 aromatic carbocycles. The van der Waals surface area contributed by atoms with Crippen molar-refractivity contribution in [3.05, 3.63) is 34.9 Å². The van der Waals surface area contributed by atoms with Gasteiger partial charge in [0.2, 0.25) is 0 Å². The molecule has 0 amide bonds. The van der Waals surface area contributed by atoms with Crippen molar-refractivity contribution in [2.75, 3.05) is 0 Å². The third-order valence-electron chi connectivity index (χ3n) is 4.54. The molecule has 0 aliphatic heterocycles. The fraction of sp³-hybridized carbons (Fsp3) is 0.696. The van der Waals surface area contributed by atoms with Crippen molar-refractivity contribution < 1.29 is 4.79 Å². The van der Waals surface area contributed by atoms with E-state index in [1.165, 1.54) is 23.1 Å². The largest absolute Gasteiger partial charge is 0.299 e. The molecule has 1 heteroatoms. The van der Waals surface area contributed by atoms with Gasteiger partial charge in [-0.05, 0) is 72.6 Å². The molecular formula is C23H40O. The highest BCUT2D eigenvalue weighted by Gasteiger charge is 2.10. The summed E-state index contributed by atoms with van der Waals surface area (Å²) in [6.07, 6.45) is 16.6. The number of carbonyl (C=O) groups is 1. The van der Waals surface area contributed by atoms with Crippen LogP contribution in [0.1, 0.15) is 99.3 Å². The van der Waals surface area contributed by atoms with Gasteiger partial charge in [-0.2, -0.15) is 0 Å². The summed E-state index contributed by atoms with van der Waals surface area (Å²) in [5, 5.41) is 0. The van der Waals surface area contributed by atoms with Gasteiger partial charge in [0.1, 0.15) is 5.78 Å². The molecule has 0 saturated carbocycles. The van der Waals surface area contributed by atoms with Gasteiger partial charge < -0.3 is 0 Å². The summed E-state index contributed by atoms with van der Waals surface area (Å²) in [6, 6.07) is 0. The Morgan fingerprint density at radius 2 is 1.38 bits per heavy atom. The number of hydrogen-bond donors (Lipinski definition) is 0. The Labute approximate surface area is 151 Å². The molecular weight excluding hydrogens is 292 g/mol. The average Bonchev–Trinajstić information content (AvgIpc) is 2.52. The minimum atomic E-state index is 0.220. The zero-order chi connectivity index (χ0) is 18.4. The van der Waals surface area contributed by atoms with Crippen LogP contribution in [0.25, 0.3) is 0 Å². The molecule has 0 spiro atoms. The predicted molar refractivity (Wildman–Crippen MR) is 108 cm³/mol. The molecule has 0 aliphatic carbocycles. The van der Waals surface area contributed by atoms with E-state index in [1.54, 1.807) is 0 Å². The maximum Gasteiger partial charge on any atom is 0.135 e. The van der Waals surface area contributed by atoms with Gasteiger partial charge in [-0.1, -0.05) is 55.2 Å². The zero-order valence-electron chi connectivity index (χ0n) is 17.1. The predicted octanol–water partition coefficient (Wildman–Crippen LogP) is 7.58. The lowest BCUT2D eigenvalue weighted by atomic mass is 9.96. The molecule has 0 bridgehead atoms. The molecule has 0 N–H and O–H groups in total. The third kappa shape index (κ3) is 13.3. The summed E-state index contributed by atoms with van der Waals surface area (Å²) in [5.41, 5.74) is 4.36. The van der Waals surface area contributed by atoms with E-state index in [4.69, 9.17) is 0 Å². The second-order valence-electron chi connectivity index (χ2n) is 7.51. The first kappa shape index (κ1) is 22.9. The van der Waals surface area contributed by atoms with Crippen molar-refractivity contribution in [2.45, 2.75) is 99.3 Å². The molecule has 1 unspecified atom stereocenters. The van der Waals surface area contributed by atoms with Crippen molar-refractivity contribution >= 4 is 5.78 Å². The first-order chi connectivity index (χ1) is 11.4. The molecule has 1 atom stereocenters. The number of rotatable bonds is 13. The highest BCUT2D eigenvalue weighted by molar-refractivity contribution is 5.80. The van der Waals surface area contributed by atoms with Crippen molar-refractivity contribution in [1.29, 1.82) is 0 Å². The zero-order valence-corrected chi connectivity index (χ0v) is 17.1. The van der Waals surface area contributed by atoms with E-state index in [0.29, 0.717) is 5.78 Å². The Morgan fingerprint density at radius 1 is 0.833 bits per heavy atom. The minimum absolute atomic E-state index is 0.220. The Balaban J connectivity index is 3.98. The van der Waals surface area contributed by atoms with Crippen molar-refractivity contribution in [2.24, 2.45) is 5.92 Å². The summed E-state index contributed by atoms with van der Waals surface area (Å²) in [5.74, 6) is 0.663. The monoisotopic (exact) mass is 332 g/mol. The first-order valence-corrected chi connectivity index (χ1v) is 9.84. The maximum atomic E-state index is 11.9. The average molecular weight is 333 g/mol. The summed E-state index contributed by atoms with van der Waals surface area (Å²) in [7, 11) is 0. The normalized spacial score (nSPS) is 13.8. The Hall–Kier alpha value is -1.11. The first-order valence-electron chi connectivity index (χ1n) is 9.84. The van der Waals surface area contributed by atoms with Crippen molar-refractivity contribution in [1.82, 2.24) is 0 Å². The van der Waals surface area contributed by atoms with Crippen LogP contribution in [0, 0.1) is 5.92 Å².